The smallest absolute Gasteiger partial charge is 0.319 e. The minimum atomic E-state index is -0.237. The molecule has 2 unspecified atom stereocenters. The lowest BCUT2D eigenvalue weighted by Gasteiger charge is -2.08. The molecule has 1 saturated heterocycles. The molecule has 0 aliphatic carbocycles. The van der Waals surface area contributed by atoms with Crippen LogP contribution in [0.25, 0.3) is 5.69 Å². The number of aromatic nitrogens is 4. The van der Waals surface area contributed by atoms with E-state index in [2.05, 4.69) is 15.5 Å². The summed E-state index contributed by atoms with van der Waals surface area (Å²) in [5.41, 5.74) is 1.99. The van der Waals surface area contributed by atoms with E-state index in [1.54, 1.807) is 4.68 Å². The Morgan fingerprint density at radius 1 is 1.40 bits per heavy atom. The summed E-state index contributed by atoms with van der Waals surface area (Å²) in [6, 6.07) is 7.85. The Labute approximate surface area is 120 Å². The van der Waals surface area contributed by atoms with E-state index in [1.807, 2.05) is 38.1 Å². The van der Waals surface area contributed by atoms with Crippen LogP contribution in [0.2, 0.25) is 0 Å². The number of rotatable bonds is 3. The first kappa shape index (κ1) is 13.1. The molecule has 0 amide bonds. The molecule has 0 radical (unpaired) electrons. The average molecular weight is 290 g/mol. The van der Waals surface area contributed by atoms with Crippen molar-refractivity contribution in [3.05, 3.63) is 29.8 Å². The summed E-state index contributed by atoms with van der Waals surface area (Å²) in [6.45, 7) is 3.89. The maximum absolute atomic E-state index is 11.7. The Morgan fingerprint density at radius 2 is 2.20 bits per heavy atom. The number of nitrogens with zero attached hydrogens (tertiary/aromatic N) is 4. The summed E-state index contributed by atoms with van der Waals surface area (Å²) in [6.07, 6.45) is 0.646. The van der Waals surface area contributed by atoms with Gasteiger partial charge in [0.15, 0.2) is 0 Å². The van der Waals surface area contributed by atoms with E-state index >= 15 is 0 Å². The summed E-state index contributed by atoms with van der Waals surface area (Å²) >= 11 is 1.35. The second-order valence-corrected chi connectivity index (χ2v) is 5.92. The third-order valence-corrected chi connectivity index (χ3v) is 4.29. The maximum Gasteiger partial charge on any atom is 0.319 e. The van der Waals surface area contributed by atoms with Crippen LogP contribution in [0.5, 0.6) is 0 Å². The summed E-state index contributed by atoms with van der Waals surface area (Å²) in [4.78, 5) is 11.7. The molecular formula is C13H14N4O2S. The second kappa shape index (κ2) is 5.24. The van der Waals surface area contributed by atoms with Crippen molar-refractivity contribution in [2.45, 2.75) is 36.8 Å². The quantitative estimate of drug-likeness (QED) is 0.802. The molecule has 20 heavy (non-hydrogen) atoms. The molecule has 6 nitrogen and oxygen atoms in total. The Kier molecular flexibility index (Phi) is 3.43. The van der Waals surface area contributed by atoms with E-state index in [4.69, 9.17) is 4.74 Å². The monoisotopic (exact) mass is 290 g/mol. The number of aryl methyl sites for hydroxylation is 1. The van der Waals surface area contributed by atoms with Crippen molar-refractivity contribution in [3.63, 3.8) is 0 Å². The van der Waals surface area contributed by atoms with Gasteiger partial charge in [-0.3, -0.25) is 4.79 Å². The highest BCUT2D eigenvalue weighted by Gasteiger charge is 2.34. The van der Waals surface area contributed by atoms with Crippen molar-refractivity contribution >= 4 is 17.7 Å². The molecule has 1 aliphatic heterocycles. The van der Waals surface area contributed by atoms with E-state index in [-0.39, 0.29) is 17.3 Å². The lowest BCUT2D eigenvalue weighted by Crippen LogP contribution is -2.11. The van der Waals surface area contributed by atoms with Crippen LogP contribution in [0.4, 0.5) is 0 Å². The molecule has 1 aromatic heterocycles. The van der Waals surface area contributed by atoms with Crippen molar-refractivity contribution in [1.82, 2.24) is 20.2 Å². The predicted octanol–water partition coefficient (Wildman–Crippen LogP) is 1.77. The fourth-order valence-electron chi connectivity index (χ4n) is 2.15. The van der Waals surface area contributed by atoms with Crippen molar-refractivity contribution in [3.8, 4) is 5.69 Å². The van der Waals surface area contributed by atoms with Gasteiger partial charge in [-0.2, -0.15) is 4.68 Å². The van der Waals surface area contributed by atoms with Crippen LogP contribution in [0.1, 0.15) is 18.9 Å². The molecule has 0 saturated carbocycles. The number of cyclic esters (lactones) is 1. The fourth-order valence-corrected chi connectivity index (χ4v) is 3.24. The summed E-state index contributed by atoms with van der Waals surface area (Å²) in [5.74, 6) is -0.193. The van der Waals surface area contributed by atoms with Crippen molar-refractivity contribution in [2.75, 3.05) is 0 Å². The SMILES string of the molecule is Cc1ccccc1-n1nnnc1SC1CC(C)OC1=O. The van der Waals surface area contributed by atoms with Crippen molar-refractivity contribution in [1.29, 1.82) is 0 Å². The first-order valence-corrected chi connectivity index (χ1v) is 7.24. The number of carbonyl (C=O) groups is 1. The molecular weight excluding hydrogens is 276 g/mol. The third-order valence-electron chi connectivity index (χ3n) is 3.16. The number of hydrogen-bond acceptors (Lipinski definition) is 6. The zero-order valence-electron chi connectivity index (χ0n) is 11.2. The van der Waals surface area contributed by atoms with Crippen LogP contribution in [0.15, 0.2) is 29.4 Å². The topological polar surface area (TPSA) is 69.9 Å². The van der Waals surface area contributed by atoms with E-state index < -0.39 is 0 Å². The number of ether oxygens (including phenoxy) is 1. The molecule has 0 spiro atoms. The van der Waals surface area contributed by atoms with Gasteiger partial charge < -0.3 is 4.74 Å². The molecule has 1 aromatic carbocycles. The van der Waals surface area contributed by atoms with Gasteiger partial charge in [-0.05, 0) is 35.9 Å². The van der Waals surface area contributed by atoms with Crippen molar-refractivity contribution in [2.24, 2.45) is 0 Å². The predicted molar refractivity (Wildman–Crippen MR) is 73.7 cm³/mol. The number of hydrogen-bond donors (Lipinski definition) is 0. The number of benzene rings is 1. The van der Waals surface area contributed by atoms with Gasteiger partial charge in [0, 0.05) is 6.42 Å². The molecule has 3 rings (SSSR count). The number of carbonyl (C=O) groups excluding carboxylic acids is 1. The summed E-state index contributed by atoms with van der Waals surface area (Å²) in [7, 11) is 0. The van der Waals surface area contributed by atoms with Gasteiger partial charge in [0.2, 0.25) is 5.16 Å². The number of tetrazole rings is 1. The van der Waals surface area contributed by atoms with Gasteiger partial charge in [0.05, 0.1) is 5.69 Å². The van der Waals surface area contributed by atoms with Gasteiger partial charge >= 0.3 is 5.97 Å². The Morgan fingerprint density at radius 3 is 2.90 bits per heavy atom. The normalized spacial score (nSPS) is 22.0. The Bertz CT molecular complexity index is 643. The van der Waals surface area contributed by atoms with E-state index in [0.29, 0.717) is 11.6 Å². The standard InChI is InChI=1S/C13H14N4O2S/c1-8-5-3-4-6-10(8)17-13(14-15-16-17)20-11-7-9(2)19-12(11)18/h3-6,9,11H,7H2,1-2H3. The van der Waals surface area contributed by atoms with Crippen LogP contribution >= 0.6 is 11.8 Å². The zero-order valence-corrected chi connectivity index (χ0v) is 12.0. The van der Waals surface area contributed by atoms with Gasteiger partial charge in [-0.1, -0.05) is 30.0 Å². The summed E-state index contributed by atoms with van der Waals surface area (Å²) in [5, 5.41) is 12.1. The molecule has 0 bridgehead atoms. The molecule has 1 fully saturated rings. The van der Waals surface area contributed by atoms with Gasteiger partial charge in [-0.15, -0.1) is 5.10 Å². The van der Waals surface area contributed by atoms with E-state index in [0.717, 1.165) is 11.3 Å². The Hall–Kier alpha value is -1.89. The first-order valence-electron chi connectivity index (χ1n) is 6.36. The van der Waals surface area contributed by atoms with Gasteiger partial charge in [0.1, 0.15) is 11.4 Å². The zero-order chi connectivity index (χ0) is 14.1. The van der Waals surface area contributed by atoms with Crippen LogP contribution in [-0.4, -0.2) is 37.5 Å². The molecule has 2 atom stereocenters. The van der Waals surface area contributed by atoms with Crippen LogP contribution < -0.4 is 0 Å². The maximum atomic E-state index is 11.7. The summed E-state index contributed by atoms with van der Waals surface area (Å²) < 4.78 is 6.82. The second-order valence-electron chi connectivity index (χ2n) is 4.75. The number of para-hydroxylation sites is 1. The average Bonchev–Trinajstić information content (AvgIpc) is 2.98. The molecule has 2 aromatic rings. The highest BCUT2D eigenvalue weighted by Crippen LogP contribution is 2.31. The molecule has 2 heterocycles. The van der Waals surface area contributed by atoms with Crippen molar-refractivity contribution < 1.29 is 9.53 Å². The lowest BCUT2D eigenvalue weighted by atomic mass is 10.2. The largest absolute Gasteiger partial charge is 0.462 e. The van der Waals surface area contributed by atoms with Gasteiger partial charge in [0.25, 0.3) is 0 Å². The third kappa shape index (κ3) is 2.40. The minimum Gasteiger partial charge on any atom is -0.462 e. The number of esters is 1. The molecule has 7 heteroatoms. The molecule has 1 aliphatic rings. The minimum absolute atomic E-state index is 0.0391. The highest BCUT2D eigenvalue weighted by atomic mass is 32.2. The fraction of sp³-hybridized carbons (Fsp3) is 0.385. The van der Waals surface area contributed by atoms with Crippen LogP contribution in [-0.2, 0) is 9.53 Å². The molecule has 0 N–H and O–H groups in total. The van der Waals surface area contributed by atoms with Crippen LogP contribution in [0, 0.1) is 6.92 Å². The number of thioether (sulfide) groups is 1. The molecule has 104 valence electrons. The van der Waals surface area contributed by atoms with E-state index in [1.165, 1.54) is 11.8 Å². The first-order chi connectivity index (χ1) is 9.65. The Balaban J connectivity index is 1.88. The van der Waals surface area contributed by atoms with Crippen LogP contribution in [0.3, 0.4) is 0 Å². The van der Waals surface area contributed by atoms with E-state index in [9.17, 15) is 4.79 Å². The highest BCUT2D eigenvalue weighted by molar-refractivity contribution is 8.00. The lowest BCUT2D eigenvalue weighted by molar-refractivity contribution is -0.140. The van der Waals surface area contributed by atoms with Gasteiger partial charge in [-0.25, -0.2) is 0 Å².